The van der Waals surface area contributed by atoms with Gasteiger partial charge >= 0.3 is 23.9 Å². The fourth-order valence-corrected chi connectivity index (χ4v) is 8.45. The van der Waals surface area contributed by atoms with Gasteiger partial charge in [-0.2, -0.15) is 0 Å². The number of carboxylic acid groups (broad SMARTS) is 1. The van der Waals surface area contributed by atoms with E-state index in [0.29, 0.717) is 19.3 Å². The Balaban J connectivity index is 2.71. The van der Waals surface area contributed by atoms with E-state index in [1.165, 1.54) is 0 Å². The number of carboxylic acids is 1. The van der Waals surface area contributed by atoms with Crippen LogP contribution in [-0.2, 0) is 42.9 Å². The topological polar surface area (TPSA) is 175 Å². The molecule has 1 aliphatic heterocycles. The number of hydrogen-bond acceptors (Lipinski definition) is 11. The molecule has 1 rings (SSSR count). The van der Waals surface area contributed by atoms with Crippen molar-refractivity contribution in [1.29, 1.82) is 0 Å². The van der Waals surface area contributed by atoms with Crippen LogP contribution >= 0.6 is 0 Å². The molecule has 79 heavy (non-hydrogen) atoms. The molecule has 3 N–H and O–H groups in total. The minimum absolute atomic E-state index is 0.0339. The number of aliphatic hydroxyl groups is 2. The first-order valence-electron chi connectivity index (χ1n) is 30.5. The first-order valence-corrected chi connectivity index (χ1v) is 30.5. The maximum absolute atomic E-state index is 13.2. The van der Waals surface area contributed by atoms with E-state index in [1.807, 2.05) is 0 Å². The predicted molar refractivity (Wildman–Crippen MR) is 321 cm³/mol. The summed E-state index contributed by atoms with van der Waals surface area (Å²) in [6.45, 7) is 5.62. The van der Waals surface area contributed by atoms with Crippen LogP contribution in [0.4, 0.5) is 0 Å². The van der Waals surface area contributed by atoms with Gasteiger partial charge < -0.3 is 39.0 Å². The second-order valence-electron chi connectivity index (χ2n) is 20.2. The maximum atomic E-state index is 13.2. The number of hydrogen-bond donors (Lipinski definition) is 3. The van der Waals surface area contributed by atoms with Gasteiger partial charge in [0, 0.05) is 19.3 Å². The van der Waals surface area contributed by atoms with E-state index < -0.39 is 67.3 Å². The van der Waals surface area contributed by atoms with Crippen molar-refractivity contribution < 1.29 is 58.2 Å². The highest BCUT2D eigenvalue weighted by Gasteiger charge is 2.50. The molecule has 0 aliphatic carbocycles. The Morgan fingerprint density at radius 1 is 0.418 bits per heavy atom. The lowest BCUT2D eigenvalue weighted by atomic mass is 9.98. The van der Waals surface area contributed by atoms with E-state index in [1.54, 1.807) is 0 Å². The van der Waals surface area contributed by atoms with Gasteiger partial charge in [0.15, 0.2) is 24.6 Å². The summed E-state index contributed by atoms with van der Waals surface area (Å²) >= 11 is 0. The molecule has 1 saturated heterocycles. The molecule has 0 aromatic carbocycles. The summed E-state index contributed by atoms with van der Waals surface area (Å²) in [5.41, 5.74) is 0. The summed E-state index contributed by atoms with van der Waals surface area (Å²) in [6, 6.07) is 0. The number of aliphatic hydroxyl groups excluding tert-OH is 2. The Morgan fingerprint density at radius 3 is 1.15 bits per heavy atom. The minimum Gasteiger partial charge on any atom is -0.479 e. The Labute approximate surface area is 478 Å². The Hall–Kier alpha value is -4.88. The van der Waals surface area contributed by atoms with Crippen molar-refractivity contribution in [2.45, 2.75) is 263 Å². The zero-order chi connectivity index (χ0) is 57.5. The van der Waals surface area contributed by atoms with Crippen LogP contribution in [0.5, 0.6) is 0 Å². The van der Waals surface area contributed by atoms with Crippen molar-refractivity contribution in [2.75, 3.05) is 13.2 Å². The molecule has 446 valence electrons. The Kier molecular flexibility index (Phi) is 49.1. The van der Waals surface area contributed by atoms with Crippen LogP contribution in [0.25, 0.3) is 0 Å². The molecule has 12 nitrogen and oxygen atoms in total. The third-order valence-corrected chi connectivity index (χ3v) is 13.0. The highest BCUT2D eigenvalue weighted by molar-refractivity contribution is 5.74. The van der Waals surface area contributed by atoms with Crippen LogP contribution in [0, 0.1) is 0 Å². The van der Waals surface area contributed by atoms with Gasteiger partial charge in [0.05, 0.1) is 6.61 Å². The van der Waals surface area contributed by atoms with E-state index in [2.05, 4.69) is 142 Å². The first-order chi connectivity index (χ1) is 38.6. The fourth-order valence-electron chi connectivity index (χ4n) is 8.45. The molecule has 1 fully saturated rings. The van der Waals surface area contributed by atoms with Gasteiger partial charge in [0.1, 0.15) is 18.8 Å². The largest absolute Gasteiger partial charge is 0.479 e. The van der Waals surface area contributed by atoms with Crippen molar-refractivity contribution >= 4 is 23.9 Å². The molecule has 6 atom stereocenters. The molecule has 0 saturated carbocycles. The molecule has 0 spiro atoms. The van der Waals surface area contributed by atoms with Crippen LogP contribution in [0.2, 0.25) is 0 Å². The number of carbonyl (C=O) groups excluding carboxylic acids is 3. The van der Waals surface area contributed by atoms with Gasteiger partial charge in [-0.3, -0.25) is 14.4 Å². The monoisotopic (exact) mass is 1100 g/mol. The number of esters is 3. The molecule has 0 bridgehead atoms. The van der Waals surface area contributed by atoms with Gasteiger partial charge in [-0.1, -0.05) is 206 Å². The number of allylic oxidation sites excluding steroid dienone is 20. The highest BCUT2D eigenvalue weighted by Crippen LogP contribution is 2.26. The van der Waals surface area contributed by atoms with Gasteiger partial charge in [-0.15, -0.1) is 0 Å². The maximum Gasteiger partial charge on any atom is 0.335 e. The molecule has 1 heterocycles. The zero-order valence-corrected chi connectivity index (χ0v) is 49.1. The summed E-state index contributed by atoms with van der Waals surface area (Å²) in [6.07, 6.45) is 61.5. The summed E-state index contributed by atoms with van der Waals surface area (Å²) in [5, 5.41) is 31.5. The molecule has 0 radical (unpaired) electrons. The number of carbonyl (C=O) groups is 4. The van der Waals surface area contributed by atoms with E-state index >= 15 is 0 Å². The number of rotatable bonds is 50. The van der Waals surface area contributed by atoms with Crippen LogP contribution in [-0.4, -0.2) is 89.2 Å². The van der Waals surface area contributed by atoms with Gasteiger partial charge in [-0.05, 0) is 122 Å². The molecule has 12 heteroatoms. The third-order valence-electron chi connectivity index (χ3n) is 13.0. The zero-order valence-electron chi connectivity index (χ0n) is 49.1. The quantitative estimate of drug-likeness (QED) is 0.0228. The van der Waals surface area contributed by atoms with Crippen LogP contribution in [0.3, 0.4) is 0 Å². The molecule has 0 amide bonds. The highest BCUT2D eigenvalue weighted by atomic mass is 16.7. The number of unbranched alkanes of at least 4 members (excludes halogenated alkanes) is 16. The normalized spacial score (nSPS) is 18.7. The summed E-state index contributed by atoms with van der Waals surface area (Å²) in [7, 11) is 0. The Morgan fingerprint density at radius 2 is 0.759 bits per heavy atom. The molecular formula is C67H106O12. The molecular weight excluding hydrogens is 997 g/mol. The van der Waals surface area contributed by atoms with Crippen LogP contribution < -0.4 is 0 Å². The first kappa shape index (κ1) is 72.1. The Bertz CT molecular complexity index is 1840. The lowest BCUT2D eigenvalue weighted by Crippen LogP contribution is -2.61. The molecule has 6 unspecified atom stereocenters. The van der Waals surface area contributed by atoms with Crippen molar-refractivity contribution in [1.82, 2.24) is 0 Å². The predicted octanol–water partition coefficient (Wildman–Crippen LogP) is 16.0. The van der Waals surface area contributed by atoms with Crippen molar-refractivity contribution in [3.63, 3.8) is 0 Å². The number of ether oxygens (including phenoxy) is 5. The second-order valence-corrected chi connectivity index (χ2v) is 20.2. The fraction of sp³-hybridized carbons (Fsp3) is 0.642. The third kappa shape index (κ3) is 43.6. The van der Waals surface area contributed by atoms with Gasteiger partial charge in [0.25, 0.3) is 0 Å². The molecule has 0 aromatic rings. The smallest absolute Gasteiger partial charge is 0.335 e. The van der Waals surface area contributed by atoms with Crippen LogP contribution in [0.15, 0.2) is 122 Å². The van der Waals surface area contributed by atoms with Gasteiger partial charge in [-0.25, -0.2) is 4.79 Å². The van der Waals surface area contributed by atoms with Crippen molar-refractivity contribution in [2.24, 2.45) is 0 Å². The molecule has 0 aromatic heterocycles. The minimum atomic E-state index is -1.92. The van der Waals surface area contributed by atoms with E-state index in [4.69, 9.17) is 23.7 Å². The average Bonchev–Trinajstić information content (AvgIpc) is 3.44. The summed E-state index contributed by atoms with van der Waals surface area (Å²) in [4.78, 5) is 51.2. The van der Waals surface area contributed by atoms with Crippen molar-refractivity contribution in [3.8, 4) is 0 Å². The standard InChI is InChI=1S/C67H106O12/c1-4-7-10-13-16-19-22-25-28-29-30-31-34-37-40-43-46-49-52-55-61(70)78-65-63(72)62(71)64(66(73)74)79-67(65)76-57-58(77-60(69)54-51-48-45-42-39-36-33-27-24-21-18-15-12-9-6-3)56-75-59(68)53-50-47-44-41-38-35-32-26-23-20-17-14-11-8-5-2/h7-12,16-21,25-28,30-33,58,62-65,67,71-72H,4-6,13-15,22-24,29,34-57H2,1-3H3,(H,73,74)/b10-7-,11-8-,12-9-,19-16-,20-17-,21-18-,28-25-,31-30-,32-26-,33-27-. The van der Waals surface area contributed by atoms with Crippen LogP contribution in [0.1, 0.15) is 226 Å². The van der Waals surface area contributed by atoms with Gasteiger partial charge in [0.2, 0.25) is 0 Å². The SMILES string of the molecule is CC/C=C\C/C=C\C/C=C\C/C=C\CCCCCCCCC(=O)OC1C(OCC(COC(=O)CCCCCCC/C=C\C/C=C\C/C=C\CC)OC(=O)CCCCCCC/C=C\C/C=C\C/C=C\CC)OC(C(=O)O)C(O)C1O. The summed E-state index contributed by atoms with van der Waals surface area (Å²) < 4.78 is 28.4. The summed E-state index contributed by atoms with van der Waals surface area (Å²) in [5.74, 6) is -3.20. The van der Waals surface area contributed by atoms with E-state index in [0.717, 1.165) is 167 Å². The average molecular weight is 1100 g/mol. The lowest BCUT2D eigenvalue weighted by Gasteiger charge is -2.40. The van der Waals surface area contributed by atoms with Crippen molar-refractivity contribution in [3.05, 3.63) is 122 Å². The van der Waals surface area contributed by atoms with E-state index in [-0.39, 0.29) is 25.9 Å². The van der Waals surface area contributed by atoms with E-state index in [9.17, 15) is 34.5 Å². The molecule has 1 aliphatic rings. The second kappa shape index (κ2) is 53.7. The number of aliphatic carboxylic acids is 1. The lowest BCUT2D eigenvalue weighted by molar-refractivity contribution is -0.301.